The lowest BCUT2D eigenvalue weighted by Gasteiger charge is -2.13. The summed E-state index contributed by atoms with van der Waals surface area (Å²) in [6, 6.07) is 69.6. The van der Waals surface area contributed by atoms with Crippen LogP contribution in [-0.2, 0) is 0 Å². The summed E-state index contributed by atoms with van der Waals surface area (Å²) in [6.45, 7) is 0. The van der Waals surface area contributed by atoms with Crippen LogP contribution in [0.3, 0.4) is 0 Å². The third-order valence-electron chi connectivity index (χ3n) is 10.9. The van der Waals surface area contributed by atoms with Crippen LogP contribution in [0.4, 0.5) is 0 Å². The van der Waals surface area contributed by atoms with Gasteiger partial charge in [-0.1, -0.05) is 164 Å². The van der Waals surface area contributed by atoms with E-state index in [4.69, 9.17) is 9.97 Å². The monoisotopic (exact) mass is 716 g/mol. The maximum atomic E-state index is 5.24. The van der Waals surface area contributed by atoms with Gasteiger partial charge in [0.05, 0.1) is 27.3 Å². The summed E-state index contributed by atoms with van der Waals surface area (Å²) >= 11 is 1.82. The Morgan fingerprint density at radius 1 is 0.345 bits per heavy atom. The summed E-state index contributed by atoms with van der Waals surface area (Å²) in [5, 5.41) is 8.85. The molecule has 3 aromatic heterocycles. The van der Waals surface area contributed by atoms with E-state index in [1.807, 2.05) is 11.3 Å². The highest BCUT2D eigenvalue weighted by Gasteiger charge is 2.17. The summed E-state index contributed by atoms with van der Waals surface area (Å²) in [5.74, 6) is 0. The predicted octanol–water partition coefficient (Wildman–Crippen LogP) is 14.6. The highest BCUT2D eigenvalue weighted by Crippen LogP contribution is 2.43. The minimum absolute atomic E-state index is 0.936. The first kappa shape index (κ1) is 31.6. The number of para-hydroxylation sites is 1. The molecule has 0 unspecified atom stereocenters. The lowest BCUT2D eigenvalue weighted by Crippen LogP contribution is -1.92. The van der Waals surface area contributed by atoms with E-state index in [2.05, 4.69) is 194 Å². The number of hydrogen-bond acceptors (Lipinski definition) is 3. The zero-order valence-corrected chi connectivity index (χ0v) is 30.6. The van der Waals surface area contributed by atoms with Crippen LogP contribution in [0.25, 0.3) is 109 Å². The summed E-state index contributed by atoms with van der Waals surface area (Å²) < 4.78 is 2.50. The first-order valence-corrected chi connectivity index (χ1v) is 19.5. The van der Waals surface area contributed by atoms with Crippen molar-refractivity contribution in [1.82, 2.24) is 9.97 Å². The van der Waals surface area contributed by atoms with E-state index < -0.39 is 0 Å². The van der Waals surface area contributed by atoms with Gasteiger partial charge in [0.25, 0.3) is 0 Å². The Balaban J connectivity index is 1.01. The number of aromatic nitrogens is 2. The average Bonchev–Trinajstić information content (AvgIpc) is 3.66. The van der Waals surface area contributed by atoms with Gasteiger partial charge in [0.15, 0.2) is 0 Å². The fourth-order valence-corrected chi connectivity index (χ4v) is 9.39. The fraction of sp³-hybridized carbons (Fsp3) is 0. The van der Waals surface area contributed by atoms with Crippen LogP contribution in [0, 0.1) is 0 Å². The molecule has 0 saturated carbocycles. The molecule has 0 fully saturated rings. The van der Waals surface area contributed by atoms with Crippen LogP contribution in [-0.4, -0.2) is 9.97 Å². The molecule has 3 heteroatoms. The molecule has 0 amide bonds. The highest BCUT2D eigenvalue weighted by atomic mass is 32.1. The molecule has 11 rings (SSSR count). The molecule has 0 aliphatic heterocycles. The van der Waals surface area contributed by atoms with Gasteiger partial charge in [0.2, 0.25) is 0 Å². The standard InChI is InChI=1S/C52H32N2S/c1-2-12-35(13-3-1)47-31-39(33-22-24-34(25-23-33)45-30-38-14-4-5-15-40(38)41-16-6-7-17-42(41)45)32-48(53-47)36-26-28-37(29-27-36)51-52-50(43-18-8-10-20-46(43)54-51)44-19-9-11-21-49(44)55-52/h1-32H. The molecule has 256 valence electrons. The average molecular weight is 717 g/mol. The second-order valence-corrected chi connectivity index (χ2v) is 15.2. The van der Waals surface area contributed by atoms with Crippen LogP contribution in [0.2, 0.25) is 0 Å². The number of rotatable bonds is 5. The van der Waals surface area contributed by atoms with Gasteiger partial charge in [-0.25, -0.2) is 9.97 Å². The first-order valence-electron chi connectivity index (χ1n) is 18.6. The minimum Gasteiger partial charge on any atom is -0.248 e. The van der Waals surface area contributed by atoms with Gasteiger partial charge < -0.3 is 0 Å². The zero-order valence-electron chi connectivity index (χ0n) is 29.8. The molecule has 8 aromatic carbocycles. The van der Waals surface area contributed by atoms with Gasteiger partial charge in [-0.3, -0.25) is 0 Å². The Labute approximate surface area is 322 Å². The van der Waals surface area contributed by atoms with Crippen molar-refractivity contribution < 1.29 is 0 Å². The summed E-state index contributed by atoms with van der Waals surface area (Å²) in [6.07, 6.45) is 0. The fourth-order valence-electron chi connectivity index (χ4n) is 8.17. The summed E-state index contributed by atoms with van der Waals surface area (Å²) in [4.78, 5) is 10.5. The molecule has 0 radical (unpaired) electrons. The molecule has 0 atom stereocenters. The topological polar surface area (TPSA) is 25.8 Å². The zero-order chi connectivity index (χ0) is 36.3. The maximum absolute atomic E-state index is 5.24. The molecular weight excluding hydrogens is 685 g/mol. The van der Waals surface area contributed by atoms with E-state index in [-0.39, 0.29) is 0 Å². The van der Waals surface area contributed by atoms with Gasteiger partial charge in [0.1, 0.15) is 0 Å². The van der Waals surface area contributed by atoms with E-state index in [9.17, 15) is 0 Å². The number of pyridine rings is 2. The summed E-state index contributed by atoms with van der Waals surface area (Å²) in [7, 11) is 0. The van der Waals surface area contributed by atoms with Crippen molar-refractivity contribution >= 4 is 64.0 Å². The maximum Gasteiger partial charge on any atom is 0.0888 e. The Bertz CT molecular complexity index is 3230. The molecule has 0 bridgehead atoms. The molecule has 0 N–H and O–H groups in total. The van der Waals surface area contributed by atoms with E-state index in [0.717, 1.165) is 50.4 Å². The van der Waals surface area contributed by atoms with Gasteiger partial charge >= 0.3 is 0 Å². The van der Waals surface area contributed by atoms with Crippen LogP contribution in [0.1, 0.15) is 0 Å². The normalized spacial score (nSPS) is 11.6. The molecule has 55 heavy (non-hydrogen) atoms. The molecule has 0 saturated heterocycles. The molecular formula is C52H32N2S. The summed E-state index contributed by atoms with van der Waals surface area (Å²) in [5.41, 5.74) is 11.9. The van der Waals surface area contributed by atoms with Crippen LogP contribution >= 0.6 is 11.3 Å². The van der Waals surface area contributed by atoms with Crippen molar-refractivity contribution in [3.05, 3.63) is 194 Å². The predicted molar refractivity (Wildman–Crippen MR) is 235 cm³/mol. The molecule has 0 spiro atoms. The Morgan fingerprint density at radius 2 is 0.909 bits per heavy atom. The van der Waals surface area contributed by atoms with E-state index in [1.165, 1.54) is 58.2 Å². The first-order chi connectivity index (χ1) is 27.2. The number of nitrogens with zero attached hydrogens (tertiary/aromatic N) is 2. The third kappa shape index (κ3) is 5.40. The van der Waals surface area contributed by atoms with E-state index >= 15 is 0 Å². The number of fused-ring (bicyclic) bond motifs is 8. The van der Waals surface area contributed by atoms with E-state index in [0.29, 0.717) is 0 Å². The molecule has 2 nitrogen and oxygen atoms in total. The Hall–Kier alpha value is -6.94. The van der Waals surface area contributed by atoms with Crippen LogP contribution in [0.15, 0.2) is 194 Å². The van der Waals surface area contributed by atoms with Crippen LogP contribution < -0.4 is 0 Å². The number of thiophene rings is 1. The lowest BCUT2D eigenvalue weighted by molar-refractivity contribution is 1.32. The highest BCUT2D eigenvalue weighted by molar-refractivity contribution is 7.26. The smallest absolute Gasteiger partial charge is 0.0888 e. The van der Waals surface area contributed by atoms with Gasteiger partial charge in [-0.15, -0.1) is 11.3 Å². The van der Waals surface area contributed by atoms with Crippen molar-refractivity contribution in [2.24, 2.45) is 0 Å². The van der Waals surface area contributed by atoms with Crippen molar-refractivity contribution in [2.45, 2.75) is 0 Å². The van der Waals surface area contributed by atoms with Crippen molar-refractivity contribution in [1.29, 1.82) is 0 Å². The van der Waals surface area contributed by atoms with Crippen LogP contribution in [0.5, 0.6) is 0 Å². The molecule has 0 aliphatic rings. The number of hydrogen-bond donors (Lipinski definition) is 0. The molecule has 0 aliphatic carbocycles. The largest absolute Gasteiger partial charge is 0.248 e. The second-order valence-electron chi connectivity index (χ2n) is 14.1. The van der Waals surface area contributed by atoms with E-state index in [1.54, 1.807) is 0 Å². The SMILES string of the molecule is c1ccc(-c2cc(-c3ccc(-c4cc5ccccc5c5ccccc45)cc3)cc(-c3ccc(-c4nc5ccccc5c5c4sc4ccccc45)cc3)n2)cc1. The number of benzene rings is 8. The van der Waals surface area contributed by atoms with Gasteiger partial charge in [0, 0.05) is 37.5 Å². The van der Waals surface area contributed by atoms with Gasteiger partial charge in [-0.05, 0) is 74.1 Å². The Morgan fingerprint density at radius 3 is 1.69 bits per heavy atom. The molecule has 11 aromatic rings. The molecule has 3 heterocycles. The minimum atomic E-state index is 0.936. The lowest BCUT2D eigenvalue weighted by atomic mass is 9.92. The quantitative estimate of drug-likeness (QED) is 0.166. The Kier molecular flexibility index (Phi) is 7.39. The second kappa shape index (κ2) is 12.9. The van der Waals surface area contributed by atoms with Gasteiger partial charge in [-0.2, -0.15) is 0 Å². The third-order valence-corrected chi connectivity index (χ3v) is 12.0. The van der Waals surface area contributed by atoms with Crippen molar-refractivity contribution in [2.75, 3.05) is 0 Å². The van der Waals surface area contributed by atoms with Crippen molar-refractivity contribution in [3.8, 4) is 56.0 Å². The van der Waals surface area contributed by atoms with Crippen molar-refractivity contribution in [3.63, 3.8) is 0 Å².